The molecule has 0 bridgehead atoms. The molecule has 0 saturated carbocycles. The van der Waals surface area contributed by atoms with Gasteiger partial charge in [-0.2, -0.15) is 0 Å². The Bertz CT molecular complexity index is 273. The summed E-state index contributed by atoms with van der Waals surface area (Å²) in [7, 11) is 0. The van der Waals surface area contributed by atoms with E-state index in [9.17, 15) is 9.90 Å². The largest absolute Gasteiger partial charge is 0.393 e. The zero-order chi connectivity index (χ0) is 15.1. The van der Waals surface area contributed by atoms with E-state index >= 15 is 0 Å². The molecule has 122 valence electrons. The van der Waals surface area contributed by atoms with E-state index in [1.165, 1.54) is 0 Å². The van der Waals surface area contributed by atoms with Gasteiger partial charge in [0.05, 0.1) is 11.6 Å². The maximum atomic E-state index is 12.1. The minimum Gasteiger partial charge on any atom is -0.393 e. The quantitative estimate of drug-likeness (QED) is 0.612. The molecule has 0 fully saturated rings. The maximum Gasteiger partial charge on any atom is 0.240 e. The molecule has 0 rings (SSSR count). The first-order valence-corrected chi connectivity index (χ1v) is 7.46. The summed E-state index contributed by atoms with van der Waals surface area (Å²) in [4.78, 5) is 12.1. The molecule has 0 aliphatic heterocycles. The molecule has 2 unspecified atom stereocenters. The van der Waals surface area contributed by atoms with Crippen molar-refractivity contribution in [1.29, 1.82) is 0 Å². The standard InChI is InChI=1S/C15H32N2O2.ClH/c1-6-15(16,14(19)17-10-12(4)5)9-13(18)8-7-11(2)3;/h11-13,18H,6-10,16H2,1-5H3,(H,17,19);1H. The van der Waals surface area contributed by atoms with E-state index < -0.39 is 11.6 Å². The lowest BCUT2D eigenvalue weighted by atomic mass is 9.87. The number of hydrogen-bond acceptors (Lipinski definition) is 3. The molecule has 0 aromatic carbocycles. The molecule has 0 radical (unpaired) electrons. The molecule has 5 heteroatoms. The van der Waals surface area contributed by atoms with Crippen molar-refractivity contribution in [3.05, 3.63) is 0 Å². The van der Waals surface area contributed by atoms with E-state index in [1.807, 2.05) is 20.8 Å². The van der Waals surface area contributed by atoms with Gasteiger partial charge in [-0.15, -0.1) is 12.4 Å². The summed E-state index contributed by atoms with van der Waals surface area (Å²) in [5.74, 6) is 0.807. The van der Waals surface area contributed by atoms with Crippen molar-refractivity contribution in [2.24, 2.45) is 17.6 Å². The Morgan fingerprint density at radius 2 is 1.75 bits per heavy atom. The molecule has 0 aliphatic rings. The molecule has 4 nitrogen and oxygen atoms in total. The highest BCUT2D eigenvalue weighted by molar-refractivity contribution is 5.86. The minimum atomic E-state index is -0.953. The zero-order valence-electron chi connectivity index (χ0n) is 13.6. The summed E-state index contributed by atoms with van der Waals surface area (Å²) >= 11 is 0. The summed E-state index contributed by atoms with van der Waals surface area (Å²) in [6.07, 6.45) is 2.02. The Morgan fingerprint density at radius 3 is 2.15 bits per heavy atom. The zero-order valence-corrected chi connectivity index (χ0v) is 14.4. The fourth-order valence-electron chi connectivity index (χ4n) is 1.92. The molecular formula is C15H33ClN2O2. The lowest BCUT2D eigenvalue weighted by Gasteiger charge is -2.29. The van der Waals surface area contributed by atoms with Crippen LogP contribution in [-0.4, -0.2) is 29.2 Å². The highest BCUT2D eigenvalue weighted by Crippen LogP contribution is 2.19. The van der Waals surface area contributed by atoms with E-state index in [1.54, 1.807) is 0 Å². The Labute approximate surface area is 130 Å². The molecular weight excluding hydrogens is 276 g/mol. The van der Waals surface area contributed by atoms with Crippen LogP contribution in [0.2, 0.25) is 0 Å². The van der Waals surface area contributed by atoms with Crippen molar-refractivity contribution in [2.45, 2.75) is 71.9 Å². The average Bonchev–Trinajstić information content (AvgIpc) is 2.33. The van der Waals surface area contributed by atoms with Crippen molar-refractivity contribution in [3.63, 3.8) is 0 Å². The molecule has 2 atom stereocenters. The van der Waals surface area contributed by atoms with Gasteiger partial charge in [0.25, 0.3) is 0 Å². The number of nitrogens with one attached hydrogen (secondary N) is 1. The second kappa shape index (κ2) is 10.4. The van der Waals surface area contributed by atoms with Crippen LogP contribution < -0.4 is 11.1 Å². The van der Waals surface area contributed by atoms with Crippen LogP contribution in [0.15, 0.2) is 0 Å². The van der Waals surface area contributed by atoms with Crippen molar-refractivity contribution < 1.29 is 9.90 Å². The van der Waals surface area contributed by atoms with Gasteiger partial charge >= 0.3 is 0 Å². The number of carbonyl (C=O) groups is 1. The molecule has 20 heavy (non-hydrogen) atoms. The van der Waals surface area contributed by atoms with Gasteiger partial charge in [0, 0.05) is 13.0 Å². The third-order valence-corrected chi connectivity index (χ3v) is 3.43. The van der Waals surface area contributed by atoms with Crippen LogP contribution in [0, 0.1) is 11.8 Å². The van der Waals surface area contributed by atoms with Gasteiger partial charge in [0.2, 0.25) is 5.91 Å². The summed E-state index contributed by atoms with van der Waals surface area (Å²) < 4.78 is 0. The van der Waals surface area contributed by atoms with Crippen LogP contribution in [0.4, 0.5) is 0 Å². The summed E-state index contributed by atoms with van der Waals surface area (Å²) in [6, 6.07) is 0. The fraction of sp³-hybridized carbons (Fsp3) is 0.933. The third-order valence-electron chi connectivity index (χ3n) is 3.43. The Hall–Kier alpha value is -0.320. The number of carbonyl (C=O) groups excluding carboxylic acids is 1. The first kappa shape index (κ1) is 22.0. The number of hydrogen-bond donors (Lipinski definition) is 3. The van der Waals surface area contributed by atoms with Gasteiger partial charge in [-0.3, -0.25) is 4.79 Å². The minimum absolute atomic E-state index is 0. The van der Waals surface area contributed by atoms with Gasteiger partial charge in [0.15, 0.2) is 0 Å². The first-order valence-electron chi connectivity index (χ1n) is 7.46. The summed E-state index contributed by atoms with van der Waals surface area (Å²) in [6.45, 7) is 10.9. The molecule has 0 heterocycles. The lowest BCUT2D eigenvalue weighted by Crippen LogP contribution is -2.55. The lowest BCUT2D eigenvalue weighted by molar-refractivity contribution is -0.128. The van der Waals surface area contributed by atoms with Gasteiger partial charge in [-0.1, -0.05) is 34.6 Å². The van der Waals surface area contributed by atoms with E-state index in [0.717, 1.165) is 6.42 Å². The van der Waals surface area contributed by atoms with Crippen molar-refractivity contribution in [3.8, 4) is 0 Å². The van der Waals surface area contributed by atoms with E-state index in [-0.39, 0.29) is 18.3 Å². The van der Waals surface area contributed by atoms with Crippen LogP contribution in [0.5, 0.6) is 0 Å². The molecule has 0 saturated heterocycles. The average molecular weight is 309 g/mol. The molecule has 1 amide bonds. The smallest absolute Gasteiger partial charge is 0.240 e. The van der Waals surface area contributed by atoms with Crippen LogP contribution >= 0.6 is 12.4 Å². The van der Waals surface area contributed by atoms with Crippen molar-refractivity contribution in [2.75, 3.05) is 6.54 Å². The topological polar surface area (TPSA) is 75.3 Å². The normalized spacial score (nSPS) is 15.7. The fourth-order valence-corrected chi connectivity index (χ4v) is 1.92. The molecule has 0 spiro atoms. The molecule has 4 N–H and O–H groups in total. The predicted molar refractivity (Wildman–Crippen MR) is 87.0 cm³/mol. The number of rotatable bonds is 9. The third kappa shape index (κ3) is 8.77. The highest BCUT2D eigenvalue weighted by atomic mass is 35.5. The number of halogens is 1. The summed E-state index contributed by atoms with van der Waals surface area (Å²) in [5, 5.41) is 12.9. The van der Waals surface area contributed by atoms with Gasteiger partial charge in [-0.25, -0.2) is 0 Å². The van der Waals surface area contributed by atoms with Crippen molar-refractivity contribution in [1.82, 2.24) is 5.32 Å². The first-order chi connectivity index (χ1) is 8.71. The SMILES string of the molecule is CCC(N)(CC(O)CCC(C)C)C(=O)NCC(C)C.Cl. The second-order valence-corrected chi connectivity index (χ2v) is 6.44. The Kier molecular flexibility index (Phi) is 11.4. The molecule has 0 aliphatic carbocycles. The maximum absolute atomic E-state index is 12.1. The number of nitrogens with two attached hydrogens (primary N) is 1. The number of amides is 1. The molecule has 0 aromatic heterocycles. The van der Waals surface area contributed by atoms with Crippen LogP contribution in [-0.2, 0) is 4.79 Å². The second-order valence-electron chi connectivity index (χ2n) is 6.44. The van der Waals surface area contributed by atoms with Gasteiger partial charge in [-0.05, 0) is 31.1 Å². The predicted octanol–water partition coefficient (Wildman–Crippen LogP) is 2.48. The molecule has 0 aromatic rings. The van der Waals surface area contributed by atoms with E-state index in [0.29, 0.717) is 37.6 Å². The Morgan fingerprint density at radius 1 is 1.20 bits per heavy atom. The van der Waals surface area contributed by atoms with Crippen LogP contribution in [0.3, 0.4) is 0 Å². The Balaban J connectivity index is 0. The monoisotopic (exact) mass is 308 g/mol. The van der Waals surface area contributed by atoms with Crippen LogP contribution in [0.25, 0.3) is 0 Å². The summed E-state index contributed by atoms with van der Waals surface area (Å²) in [5.41, 5.74) is 5.21. The van der Waals surface area contributed by atoms with Crippen LogP contribution in [0.1, 0.15) is 60.3 Å². The van der Waals surface area contributed by atoms with E-state index in [4.69, 9.17) is 5.73 Å². The van der Waals surface area contributed by atoms with Crippen molar-refractivity contribution >= 4 is 18.3 Å². The van der Waals surface area contributed by atoms with Gasteiger partial charge in [0.1, 0.15) is 0 Å². The number of aliphatic hydroxyl groups excluding tert-OH is 1. The van der Waals surface area contributed by atoms with E-state index in [2.05, 4.69) is 19.2 Å². The number of aliphatic hydroxyl groups is 1. The van der Waals surface area contributed by atoms with Gasteiger partial charge < -0.3 is 16.2 Å². The highest BCUT2D eigenvalue weighted by Gasteiger charge is 2.34.